The molecule has 0 aliphatic carbocycles. The van der Waals surface area contributed by atoms with E-state index in [4.69, 9.17) is 5.73 Å². The normalized spacial score (nSPS) is 13.6. The summed E-state index contributed by atoms with van der Waals surface area (Å²) in [6.45, 7) is 3.37. The van der Waals surface area contributed by atoms with Crippen LogP contribution < -0.4 is 21.7 Å². The number of para-hydroxylation sites is 1. The molecule has 3 amide bonds. The Labute approximate surface area is 213 Å². The van der Waals surface area contributed by atoms with Gasteiger partial charge in [-0.2, -0.15) is 0 Å². The van der Waals surface area contributed by atoms with E-state index in [1.807, 2.05) is 38.1 Å². The zero-order valence-electron chi connectivity index (χ0n) is 20.8. The van der Waals surface area contributed by atoms with Gasteiger partial charge in [-0.1, -0.05) is 32.0 Å². The van der Waals surface area contributed by atoms with Gasteiger partial charge in [-0.25, -0.2) is 9.78 Å². The molecule has 12 nitrogen and oxygen atoms in total. The number of carboxylic acids is 1. The van der Waals surface area contributed by atoms with Gasteiger partial charge in [0.15, 0.2) is 0 Å². The number of imidazole rings is 1. The van der Waals surface area contributed by atoms with Crippen molar-refractivity contribution in [2.75, 3.05) is 6.54 Å². The van der Waals surface area contributed by atoms with Crippen LogP contribution in [0.2, 0.25) is 0 Å². The zero-order chi connectivity index (χ0) is 26.9. The fourth-order valence-corrected chi connectivity index (χ4v) is 3.97. The predicted molar refractivity (Wildman–Crippen MR) is 136 cm³/mol. The molecular weight excluding hydrogens is 478 g/mol. The molecule has 1 aromatic carbocycles. The van der Waals surface area contributed by atoms with Gasteiger partial charge in [0.1, 0.15) is 12.1 Å². The van der Waals surface area contributed by atoms with E-state index in [0.29, 0.717) is 5.69 Å². The molecule has 0 saturated heterocycles. The molecule has 37 heavy (non-hydrogen) atoms. The van der Waals surface area contributed by atoms with Crippen molar-refractivity contribution in [1.82, 2.24) is 30.9 Å². The second kappa shape index (κ2) is 12.7. The number of aliphatic carboxylic acids is 1. The molecule has 8 N–H and O–H groups in total. The van der Waals surface area contributed by atoms with Crippen LogP contribution in [0.15, 0.2) is 43.0 Å². The van der Waals surface area contributed by atoms with E-state index in [0.717, 1.165) is 16.5 Å². The van der Waals surface area contributed by atoms with Gasteiger partial charge in [-0.05, 0) is 30.4 Å². The molecule has 3 unspecified atom stereocenters. The number of benzene rings is 1. The van der Waals surface area contributed by atoms with Crippen LogP contribution in [0, 0.1) is 5.92 Å². The third-order valence-electron chi connectivity index (χ3n) is 5.83. The summed E-state index contributed by atoms with van der Waals surface area (Å²) in [6.07, 6.45) is 5.26. The van der Waals surface area contributed by atoms with E-state index < -0.39 is 41.8 Å². The van der Waals surface area contributed by atoms with E-state index in [-0.39, 0.29) is 31.7 Å². The highest BCUT2D eigenvalue weighted by molar-refractivity contribution is 5.93. The van der Waals surface area contributed by atoms with Crippen molar-refractivity contribution in [2.45, 2.75) is 51.2 Å². The maximum Gasteiger partial charge on any atom is 0.326 e. The minimum Gasteiger partial charge on any atom is -0.480 e. The Balaban J connectivity index is 1.53. The quantitative estimate of drug-likeness (QED) is 0.170. The molecular formula is C25H33N7O5. The van der Waals surface area contributed by atoms with Gasteiger partial charge >= 0.3 is 5.97 Å². The number of carbonyl (C=O) groups is 4. The summed E-state index contributed by atoms with van der Waals surface area (Å²) in [5.41, 5.74) is 8.43. The highest BCUT2D eigenvalue weighted by Gasteiger charge is 2.28. The van der Waals surface area contributed by atoms with Gasteiger partial charge in [0.2, 0.25) is 17.7 Å². The maximum atomic E-state index is 12.9. The Hall–Kier alpha value is -4.19. The standard InChI is InChI=1S/C25H33N7O5/c1-14(2)7-20(24(35)32-21(25(36)37)9-16-11-27-13-30-16)31-22(33)12-29-23(34)18(26)8-15-10-28-19-6-4-3-5-17(15)19/h3-6,10-11,13-14,18,20-21,28H,7-9,12,26H2,1-2H3,(H,27,30)(H,29,34)(H,31,33)(H,32,35)(H,36,37). The number of rotatable bonds is 13. The number of amides is 3. The van der Waals surface area contributed by atoms with Gasteiger partial charge in [0.25, 0.3) is 0 Å². The van der Waals surface area contributed by atoms with Crippen LogP contribution in [0.5, 0.6) is 0 Å². The summed E-state index contributed by atoms with van der Waals surface area (Å²) in [5.74, 6) is -2.90. The summed E-state index contributed by atoms with van der Waals surface area (Å²) in [7, 11) is 0. The number of carboxylic acid groups (broad SMARTS) is 1. The second-order valence-electron chi connectivity index (χ2n) is 9.32. The Morgan fingerprint density at radius 3 is 2.46 bits per heavy atom. The Morgan fingerprint density at radius 1 is 1.03 bits per heavy atom. The van der Waals surface area contributed by atoms with Gasteiger partial charge < -0.3 is 36.8 Å². The van der Waals surface area contributed by atoms with E-state index in [1.165, 1.54) is 12.5 Å². The van der Waals surface area contributed by atoms with Crippen LogP contribution in [0.25, 0.3) is 10.9 Å². The van der Waals surface area contributed by atoms with Crippen molar-refractivity contribution in [1.29, 1.82) is 0 Å². The molecule has 0 fully saturated rings. The highest BCUT2D eigenvalue weighted by atomic mass is 16.4. The number of aromatic nitrogens is 3. The maximum absolute atomic E-state index is 12.9. The number of carbonyl (C=O) groups excluding carboxylic acids is 3. The van der Waals surface area contributed by atoms with Crippen molar-refractivity contribution in [3.05, 3.63) is 54.2 Å². The molecule has 3 atom stereocenters. The number of nitrogens with zero attached hydrogens (tertiary/aromatic N) is 1. The van der Waals surface area contributed by atoms with Crippen molar-refractivity contribution in [2.24, 2.45) is 11.7 Å². The Bertz CT molecular complexity index is 1220. The SMILES string of the molecule is CC(C)CC(NC(=O)CNC(=O)C(N)Cc1c[nH]c2ccccc12)C(=O)NC(Cc1cnc[nH]1)C(=O)O. The molecule has 0 saturated carbocycles. The van der Waals surface area contributed by atoms with E-state index >= 15 is 0 Å². The number of hydrogen-bond donors (Lipinski definition) is 7. The van der Waals surface area contributed by atoms with Gasteiger partial charge in [0.05, 0.1) is 18.9 Å². The number of H-pyrrole nitrogens is 2. The Morgan fingerprint density at radius 2 is 1.78 bits per heavy atom. The second-order valence-corrected chi connectivity index (χ2v) is 9.32. The van der Waals surface area contributed by atoms with Crippen LogP contribution in [0.4, 0.5) is 0 Å². The molecule has 0 radical (unpaired) electrons. The van der Waals surface area contributed by atoms with Gasteiger partial charge in [-0.3, -0.25) is 14.4 Å². The number of hydrogen-bond acceptors (Lipinski definition) is 6. The van der Waals surface area contributed by atoms with E-state index in [9.17, 15) is 24.3 Å². The third kappa shape index (κ3) is 7.90. The number of nitrogens with two attached hydrogens (primary N) is 1. The van der Waals surface area contributed by atoms with Crippen LogP contribution in [-0.4, -0.2) is 68.4 Å². The van der Waals surface area contributed by atoms with Crippen LogP contribution >= 0.6 is 0 Å². The Kier molecular flexibility index (Phi) is 9.39. The lowest BCUT2D eigenvalue weighted by Gasteiger charge is -2.23. The topological polar surface area (TPSA) is 195 Å². The summed E-state index contributed by atoms with van der Waals surface area (Å²) < 4.78 is 0. The first-order valence-corrected chi connectivity index (χ1v) is 12.0. The summed E-state index contributed by atoms with van der Waals surface area (Å²) in [4.78, 5) is 59.4. The van der Waals surface area contributed by atoms with Crippen LogP contribution in [-0.2, 0) is 32.0 Å². The molecule has 2 heterocycles. The van der Waals surface area contributed by atoms with Crippen LogP contribution in [0.1, 0.15) is 31.5 Å². The van der Waals surface area contributed by atoms with Gasteiger partial charge in [-0.15, -0.1) is 0 Å². The van der Waals surface area contributed by atoms with Crippen molar-refractivity contribution in [3.8, 4) is 0 Å². The van der Waals surface area contributed by atoms with Crippen molar-refractivity contribution >= 4 is 34.6 Å². The van der Waals surface area contributed by atoms with Crippen molar-refractivity contribution in [3.63, 3.8) is 0 Å². The number of fused-ring (bicyclic) bond motifs is 1. The molecule has 12 heteroatoms. The molecule has 2 aromatic heterocycles. The molecule has 0 aliphatic heterocycles. The summed E-state index contributed by atoms with van der Waals surface area (Å²) in [5, 5.41) is 18.1. The minimum absolute atomic E-state index is 0.00773. The molecule has 3 aromatic rings. The highest BCUT2D eigenvalue weighted by Crippen LogP contribution is 2.18. The average Bonchev–Trinajstić information content (AvgIpc) is 3.51. The molecule has 0 aliphatic rings. The van der Waals surface area contributed by atoms with Gasteiger partial charge in [0, 0.05) is 35.4 Å². The minimum atomic E-state index is -1.21. The molecule has 3 rings (SSSR count). The fraction of sp³-hybridized carbons (Fsp3) is 0.400. The fourth-order valence-electron chi connectivity index (χ4n) is 3.97. The molecule has 198 valence electrons. The number of aromatic amines is 2. The third-order valence-corrected chi connectivity index (χ3v) is 5.83. The molecule has 0 spiro atoms. The monoisotopic (exact) mass is 511 g/mol. The number of nitrogens with one attached hydrogen (secondary N) is 5. The lowest BCUT2D eigenvalue weighted by atomic mass is 10.0. The average molecular weight is 512 g/mol. The van der Waals surface area contributed by atoms with E-state index in [1.54, 1.807) is 6.20 Å². The predicted octanol–water partition coefficient (Wildman–Crippen LogP) is 0.220. The van der Waals surface area contributed by atoms with Crippen LogP contribution in [0.3, 0.4) is 0 Å². The lowest BCUT2D eigenvalue weighted by molar-refractivity contribution is -0.142. The lowest BCUT2D eigenvalue weighted by Crippen LogP contribution is -2.54. The summed E-state index contributed by atoms with van der Waals surface area (Å²) in [6, 6.07) is 4.60. The zero-order valence-corrected chi connectivity index (χ0v) is 20.8. The van der Waals surface area contributed by atoms with Crippen molar-refractivity contribution < 1.29 is 24.3 Å². The first-order chi connectivity index (χ1) is 17.6. The molecule has 0 bridgehead atoms. The summed E-state index contributed by atoms with van der Waals surface area (Å²) >= 11 is 0. The largest absolute Gasteiger partial charge is 0.480 e. The first kappa shape index (κ1) is 27.4. The van der Waals surface area contributed by atoms with E-state index in [2.05, 4.69) is 30.9 Å². The smallest absolute Gasteiger partial charge is 0.326 e. The first-order valence-electron chi connectivity index (χ1n) is 12.0.